The fourth-order valence-corrected chi connectivity index (χ4v) is 3.22. The number of hydrogen-bond acceptors (Lipinski definition) is 4. The van der Waals surface area contributed by atoms with Crippen LogP contribution in [0.2, 0.25) is 0 Å². The highest BCUT2D eigenvalue weighted by molar-refractivity contribution is 6.00. The van der Waals surface area contributed by atoms with Crippen LogP contribution in [0, 0.1) is 17.0 Å². The number of amides is 1. The highest BCUT2D eigenvalue weighted by Gasteiger charge is 2.16. The molecule has 0 fully saturated rings. The van der Waals surface area contributed by atoms with Crippen molar-refractivity contribution in [1.29, 1.82) is 0 Å². The Labute approximate surface area is 151 Å². The lowest BCUT2D eigenvalue weighted by Gasteiger charge is -2.07. The van der Waals surface area contributed by atoms with E-state index in [1.54, 1.807) is 19.1 Å². The highest BCUT2D eigenvalue weighted by atomic mass is 16.6. The van der Waals surface area contributed by atoms with E-state index in [-0.39, 0.29) is 30.2 Å². The molecule has 3 rings (SSSR count). The van der Waals surface area contributed by atoms with E-state index in [4.69, 9.17) is 0 Å². The van der Waals surface area contributed by atoms with Gasteiger partial charge in [-0.05, 0) is 49.4 Å². The third-order valence-corrected chi connectivity index (χ3v) is 4.69. The van der Waals surface area contributed by atoms with Crippen LogP contribution in [-0.4, -0.2) is 16.6 Å². The summed E-state index contributed by atoms with van der Waals surface area (Å²) in [6.07, 6.45) is 3.34. The van der Waals surface area contributed by atoms with Crippen molar-refractivity contribution >= 4 is 23.1 Å². The van der Waals surface area contributed by atoms with E-state index >= 15 is 0 Å². The molecular formula is C20H20N2O4. The molecule has 0 unspecified atom stereocenters. The Morgan fingerprint density at radius 2 is 1.85 bits per heavy atom. The summed E-state index contributed by atoms with van der Waals surface area (Å²) in [7, 11) is 0. The molecule has 0 atom stereocenters. The molecule has 0 saturated heterocycles. The first-order valence-electron chi connectivity index (χ1n) is 8.64. The minimum atomic E-state index is -0.484. The summed E-state index contributed by atoms with van der Waals surface area (Å²) < 4.78 is 0. The zero-order valence-corrected chi connectivity index (χ0v) is 14.6. The summed E-state index contributed by atoms with van der Waals surface area (Å²) in [5.41, 5.74) is 4.02. The number of benzene rings is 2. The number of Topliss-reactive ketones (excluding diaryl/α,β-unsaturated/α-hetero) is 1. The summed E-state index contributed by atoms with van der Waals surface area (Å²) >= 11 is 0. The van der Waals surface area contributed by atoms with Crippen LogP contribution in [-0.2, 0) is 17.6 Å². The minimum Gasteiger partial charge on any atom is -0.326 e. The molecule has 6 nitrogen and oxygen atoms in total. The average molecular weight is 352 g/mol. The van der Waals surface area contributed by atoms with Crippen molar-refractivity contribution in [2.75, 3.05) is 5.32 Å². The summed E-state index contributed by atoms with van der Waals surface area (Å²) in [6, 6.07) is 10.3. The molecule has 0 saturated carbocycles. The lowest BCUT2D eigenvalue weighted by molar-refractivity contribution is -0.385. The van der Waals surface area contributed by atoms with Gasteiger partial charge in [-0.2, -0.15) is 0 Å². The predicted octanol–water partition coefficient (Wildman–Crippen LogP) is 3.99. The van der Waals surface area contributed by atoms with Gasteiger partial charge < -0.3 is 5.32 Å². The standard InChI is InChI=1S/C20H20N2O4/c1-13-5-8-17(12-18(13)22(25)26)21-20(24)10-9-19(23)16-7-6-14-3-2-4-15(14)11-16/h5-8,11-12H,2-4,9-10H2,1H3,(H,21,24). The van der Waals surface area contributed by atoms with Crippen LogP contribution in [0.15, 0.2) is 36.4 Å². The smallest absolute Gasteiger partial charge is 0.274 e. The fourth-order valence-electron chi connectivity index (χ4n) is 3.22. The first-order chi connectivity index (χ1) is 12.4. The molecule has 2 aromatic carbocycles. The summed E-state index contributed by atoms with van der Waals surface area (Å²) in [4.78, 5) is 34.9. The second kappa shape index (κ2) is 7.47. The van der Waals surface area contributed by atoms with Gasteiger partial charge in [0.1, 0.15) is 0 Å². The number of fused-ring (bicyclic) bond motifs is 1. The normalized spacial score (nSPS) is 12.5. The molecular weight excluding hydrogens is 332 g/mol. The lowest BCUT2D eigenvalue weighted by Crippen LogP contribution is -2.14. The number of nitro groups is 1. The molecule has 0 bridgehead atoms. The van der Waals surface area contributed by atoms with Gasteiger partial charge in [0.25, 0.3) is 5.69 Å². The van der Waals surface area contributed by atoms with Gasteiger partial charge in [0.05, 0.1) is 4.92 Å². The average Bonchev–Trinajstić information content (AvgIpc) is 3.08. The van der Waals surface area contributed by atoms with Crippen LogP contribution in [0.4, 0.5) is 11.4 Å². The van der Waals surface area contributed by atoms with Gasteiger partial charge in [-0.15, -0.1) is 0 Å². The van der Waals surface area contributed by atoms with Crippen molar-refractivity contribution in [1.82, 2.24) is 0 Å². The topological polar surface area (TPSA) is 89.3 Å². The van der Waals surface area contributed by atoms with E-state index in [1.807, 2.05) is 18.2 Å². The maximum Gasteiger partial charge on any atom is 0.274 e. The van der Waals surface area contributed by atoms with E-state index in [0.29, 0.717) is 16.8 Å². The Morgan fingerprint density at radius 1 is 1.08 bits per heavy atom. The molecule has 1 N–H and O–H groups in total. The number of nitrogens with zero attached hydrogens (tertiary/aromatic N) is 1. The van der Waals surface area contributed by atoms with Crippen molar-refractivity contribution in [3.8, 4) is 0 Å². The second-order valence-corrected chi connectivity index (χ2v) is 6.57. The maximum absolute atomic E-state index is 12.3. The third-order valence-electron chi connectivity index (χ3n) is 4.69. The zero-order valence-electron chi connectivity index (χ0n) is 14.6. The number of carbonyl (C=O) groups excluding carboxylic acids is 2. The van der Waals surface area contributed by atoms with E-state index in [0.717, 1.165) is 19.3 Å². The molecule has 26 heavy (non-hydrogen) atoms. The fraction of sp³-hybridized carbons (Fsp3) is 0.300. The Balaban J connectivity index is 1.58. The maximum atomic E-state index is 12.3. The van der Waals surface area contributed by atoms with Gasteiger partial charge in [0.15, 0.2) is 5.78 Å². The van der Waals surface area contributed by atoms with Gasteiger partial charge in [-0.1, -0.05) is 18.2 Å². The van der Waals surface area contributed by atoms with Crippen LogP contribution in [0.3, 0.4) is 0 Å². The van der Waals surface area contributed by atoms with Crippen molar-refractivity contribution in [3.05, 3.63) is 68.8 Å². The highest BCUT2D eigenvalue weighted by Crippen LogP contribution is 2.24. The number of anilines is 1. The van der Waals surface area contributed by atoms with Gasteiger partial charge in [-0.3, -0.25) is 19.7 Å². The number of nitrogens with one attached hydrogen (secondary N) is 1. The molecule has 0 heterocycles. The SMILES string of the molecule is Cc1ccc(NC(=O)CCC(=O)c2ccc3c(c2)CCC3)cc1[N+](=O)[O-]. The minimum absolute atomic E-state index is 0.0393. The summed E-state index contributed by atoms with van der Waals surface area (Å²) in [6.45, 7) is 1.64. The quantitative estimate of drug-likeness (QED) is 0.483. The molecule has 2 aromatic rings. The summed E-state index contributed by atoms with van der Waals surface area (Å²) in [5.74, 6) is -0.401. The van der Waals surface area contributed by atoms with Crippen LogP contribution >= 0.6 is 0 Å². The van der Waals surface area contributed by atoms with Crippen LogP contribution in [0.25, 0.3) is 0 Å². The van der Waals surface area contributed by atoms with Crippen LogP contribution < -0.4 is 5.32 Å². The van der Waals surface area contributed by atoms with E-state index in [1.165, 1.54) is 17.2 Å². The number of aryl methyl sites for hydroxylation is 3. The Kier molecular flexibility index (Phi) is 5.11. The van der Waals surface area contributed by atoms with Gasteiger partial charge in [0, 0.05) is 35.7 Å². The number of ketones is 1. The largest absolute Gasteiger partial charge is 0.326 e. The molecule has 0 aromatic heterocycles. The Morgan fingerprint density at radius 3 is 2.62 bits per heavy atom. The molecule has 0 spiro atoms. The first-order valence-corrected chi connectivity index (χ1v) is 8.64. The number of rotatable bonds is 6. The Hall–Kier alpha value is -3.02. The molecule has 1 aliphatic carbocycles. The molecule has 0 radical (unpaired) electrons. The number of carbonyl (C=O) groups is 2. The second-order valence-electron chi connectivity index (χ2n) is 6.57. The predicted molar refractivity (Wildman–Crippen MR) is 98.5 cm³/mol. The van der Waals surface area contributed by atoms with Crippen LogP contribution in [0.1, 0.15) is 46.3 Å². The first kappa shape index (κ1) is 17.8. The monoisotopic (exact) mass is 352 g/mol. The van der Waals surface area contributed by atoms with Crippen LogP contribution in [0.5, 0.6) is 0 Å². The number of hydrogen-bond donors (Lipinski definition) is 1. The van der Waals surface area contributed by atoms with E-state index in [9.17, 15) is 19.7 Å². The van der Waals surface area contributed by atoms with E-state index in [2.05, 4.69) is 5.32 Å². The van der Waals surface area contributed by atoms with Gasteiger partial charge in [-0.25, -0.2) is 0 Å². The zero-order chi connectivity index (χ0) is 18.7. The molecule has 6 heteroatoms. The Bertz CT molecular complexity index is 889. The molecule has 134 valence electrons. The van der Waals surface area contributed by atoms with Crippen molar-refractivity contribution in [2.45, 2.75) is 39.0 Å². The molecule has 1 amide bonds. The van der Waals surface area contributed by atoms with E-state index < -0.39 is 4.92 Å². The lowest BCUT2D eigenvalue weighted by atomic mass is 10.0. The van der Waals surface area contributed by atoms with Crippen molar-refractivity contribution in [2.24, 2.45) is 0 Å². The van der Waals surface area contributed by atoms with Crippen molar-refractivity contribution < 1.29 is 14.5 Å². The molecule has 0 aliphatic heterocycles. The van der Waals surface area contributed by atoms with Crippen molar-refractivity contribution in [3.63, 3.8) is 0 Å². The number of nitro benzene ring substituents is 1. The van der Waals surface area contributed by atoms with Gasteiger partial charge in [0.2, 0.25) is 5.91 Å². The third kappa shape index (κ3) is 3.96. The molecule has 1 aliphatic rings. The summed E-state index contributed by atoms with van der Waals surface area (Å²) in [5, 5.41) is 13.6. The van der Waals surface area contributed by atoms with Gasteiger partial charge >= 0.3 is 0 Å².